The van der Waals surface area contributed by atoms with Gasteiger partial charge in [0, 0.05) is 27.5 Å². The van der Waals surface area contributed by atoms with Gasteiger partial charge in [0.05, 0.1) is 11.1 Å². The molecule has 0 fully saturated rings. The molecule has 0 radical (unpaired) electrons. The molecule has 5 nitrogen and oxygen atoms in total. The normalized spacial score (nSPS) is 10.6. The molecule has 3 aromatic carbocycles. The minimum Gasteiger partial charge on any atom is -0.492 e. The fourth-order valence-electron chi connectivity index (χ4n) is 2.73. The maximum Gasteiger partial charge on any atom is 0.255 e. The number of hydrogen-bond donors (Lipinski definition) is 2. The summed E-state index contributed by atoms with van der Waals surface area (Å²) >= 11 is 9.41. The smallest absolute Gasteiger partial charge is 0.255 e. The molecule has 2 N–H and O–H groups in total. The van der Waals surface area contributed by atoms with Gasteiger partial charge in [0.1, 0.15) is 5.75 Å². The first-order valence-corrected chi connectivity index (χ1v) is 10.9. The van der Waals surface area contributed by atoms with Gasteiger partial charge in [0.25, 0.3) is 11.8 Å². The van der Waals surface area contributed by atoms with Crippen LogP contribution in [-0.4, -0.2) is 18.4 Å². The van der Waals surface area contributed by atoms with Crippen LogP contribution in [0.15, 0.2) is 71.2 Å². The summed E-state index contributed by atoms with van der Waals surface area (Å²) in [6.45, 7) is 4.73. The number of carbonyl (C=O) groups is 2. The first kappa shape index (κ1) is 22.8. The van der Waals surface area contributed by atoms with Crippen molar-refractivity contribution in [3.63, 3.8) is 0 Å². The first-order chi connectivity index (χ1) is 14.8. The molecule has 0 atom stereocenters. The molecule has 3 aromatic rings. The van der Waals surface area contributed by atoms with E-state index in [1.165, 1.54) is 0 Å². The number of amides is 2. The highest BCUT2D eigenvalue weighted by Gasteiger charge is 2.12. The van der Waals surface area contributed by atoms with Crippen molar-refractivity contribution < 1.29 is 14.3 Å². The lowest BCUT2D eigenvalue weighted by atomic mass is 10.1. The second kappa shape index (κ2) is 10.5. The molecule has 3 rings (SSSR count). The second-order valence-corrected chi connectivity index (χ2v) is 8.64. The third-order valence-electron chi connectivity index (χ3n) is 4.23. The van der Waals surface area contributed by atoms with Gasteiger partial charge in [-0.3, -0.25) is 9.59 Å². The molecule has 0 saturated carbocycles. The summed E-state index contributed by atoms with van der Waals surface area (Å²) in [5.74, 6) is 0.499. The van der Waals surface area contributed by atoms with Crippen LogP contribution in [0.1, 0.15) is 34.6 Å². The van der Waals surface area contributed by atoms with Gasteiger partial charge in [-0.25, -0.2) is 0 Å². The van der Waals surface area contributed by atoms with E-state index in [-0.39, 0.29) is 11.8 Å². The van der Waals surface area contributed by atoms with Gasteiger partial charge in [-0.05, 0) is 76.4 Å². The fraction of sp³-hybridized carbons (Fsp3) is 0.167. The summed E-state index contributed by atoms with van der Waals surface area (Å²) in [5.41, 5.74) is 1.99. The SMILES string of the molecule is CC(C)COc1ccc(C(=O)Nc2cccc(C(=O)Nc3cccc(Cl)c3)c2)cc1Br. The van der Waals surface area contributed by atoms with Crippen LogP contribution in [0.3, 0.4) is 0 Å². The Kier molecular flexibility index (Phi) is 7.71. The van der Waals surface area contributed by atoms with Crippen molar-refractivity contribution in [3.8, 4) is 5.75 Å². The Morgan fingerprint density at radius 3 is 2.13 bits per heavy atom. The highest BCUT2D eigenvalue weighted by atomic mass is 79.9. The molecule has 0 saturated heterocycles. The van der Waals surface area contributed by atoms with Crippen molar-refractivity contribution >= 4 is 50.7 Å². The molecule has 0 aliphatic carbocycles. The molecule has 31 heavy (non-hydrogen) atoms. The van der Waals surface area contributed by atoms with Crippen molar-refractivity contribution in [1.82, 2.24) is 0 Å². The summed E-state index contributed by atoms with van der Waals surface area (Å²) in [6.07, 6.45) is 0. The molecule has 7 heteroatoms. The van der Waals surface area contributed by atoms with E-state index in [0.29, 0.717) is 50.3 Å². The van der Waals surface area contributed by atoms with Crippen LogP contribution < -0.4 is 15.4 Å². The molecule has 0 bridgehead atoms. The van der Waals surface area contributed by atoms with E-state index in [1.807, 2.05) is 0 Å². The summed E-state index contributed by atoms with van der Waals surface area (Å²) in [6, 6.07) is 18.8. The van der Waals surface area contributed by atoms with E-state index in [2.05, 4.69) is 40.4 Å². The highest BCUT2D eigenvalue weighted by molar-refractivity contribution is 9.10. The predicted molar refractivity (Wildman–Crippen MR) is 128 cm³/mol. The number of carbonyl (C=O) groups excluding carboxylic acids is 2. The average molecular weight is 502 g/mol. The van der Waals surface area contributed by atoms with E-state index >= 15 is 0 Å². The molecule has 0 heterocycles. The third-order valence-corrected chi connectivity index (χ3v) is 5.09. The summed E-state index contributed by atoms with van der Waals surface area (Å²) in [5, 5.41) is 6.14. The Morgan fingerprint density at radius 2 is 1.52 bits per heavy atom. The molecule has 2 amide bonds. The lowest BCUT2D eigenvalue weighted by Gasteiger charge is -2.12. The molecule has 0 spiro atoms. The zero-order chi connectivity index (χ0) is 22.4. The Labute approximate surface area is 194 Å². The van der Waals surface area contributed by atoms with Crippen molar-refractivity contribution in [3.05, 3.63) is 87.4 Å². The van der Waals surface area contributed by atoms with Gasteiger partial charge in [-0.2, -0.15) is 0 Å². The largest absolute Gasteiger partial charge is 0.492 e. The maximum atomic E-state index is 12.7. The zero-order valence-corrected chi connectivity index (χ0v) is 19.5. The lowest BCUT2D eigenvalue weighted by Crippen LogP contribution is -2.15. The van der Waals surface area contributed by atoms with Crippen molar-refractivity contribution in [2.24, 2.45) is 5.92 Å². The number of ether oxygens (including phenoxy) is 1. The number of anilines is 2. The van der Waals surface area contributed by atoms with E-state index in [0.717, 1.165) is 0 Å². The summed E-state index contributed by atoms with van der Waals surface area (Å²) in [7, 11) is 0. The van der Waals surface area contributed by atoms with Crippen LogP contribution in [0.4, 0.5) is 11.4 Å². The molecule has 0 aliphatic heterocycles. The Morgan fingerprint density at radius 1 is 0.903 bits per heavy atom. The Hall–Kier alpha value is -2.83. The Bertz CT molecular complexity index is 1100. The number of halogens is 2. The number of hydrogen-bond acceptors (Lipinski definition) is 3. The average Bonchev–Trinajstić information content (AvgIpc) is 2.73. The van der Waals surface area contributed by atoms with Crippen molar-refractivity contribution in [1.29, 1.82) is 0 Å². The molecular formula is C24H22BrClN2O3. The summed E-state index contributed by atoms with van der Waals surface area (Å²) in [4.78, 5) is 25.2. The quantitative estimate of drug-likeness (QED) is 0.381. The molecule has 160 valence electrons. The van der Waals surface area contributed by atoms with Crippen LogP contribution in [-0.2, 0) is 0 Å². The van der Waals surface area contributed by atoms with Gasteiger partial charge < -0.3 is 15.4 Å². The van der Waals surface area contributed by atoms with Crippen LogP contribution in [0.2, 0.25) is 5.02 Å². The maximum absolute atomic E-state index is 12.7. The van der Waals surface area contributed by atoms with Crippen molar-refractivity contribution in [2.45, 2.75) is 13.8 Å². The molecular weight excluding hydrogens is 480 g/mol. The number of benzene rings is 3. The minimum absolute atomic E-state index is 0.288. The standard InChI is InChI=1S/C24H22BrClN2O3/c1-15(2)14-31-22-10-9-17(12-21(22)25)24(30)27-19-7-3-5-16(11-19)23(29)28-20-8-4-6-18(26)13-20/h3-13,15H,14H2,1-2H3,(H,27,30)(H,28,29). The van der Waals surface area contributed by atoms with Crippen LogP contribution in [0, 0.1) is 5.92 Å². The summed E-state index contributed by atoms with van der Waals surface area (Å²) < 4.78 is 6.42. The second-order valence-electron chi connectivity index (χ2n) is 7.35. The lowest BCUT2D eigenvalue weighted by molar-refractivity contribution is 0.101. The van der Waals surface area contributed by atoms with E-state index < -0.39 is 0 Å². The predicted octanol–water partition coefficient (Wildman–Crippen LogP) is 6.64. The molecule has 0 unspecified atom stereocenters. The number of nitrogens with one attached hydrogen (secondary N) is 2. The fourth-order valence-corrected chi connectivity index (χ4v) is 3.41. The molecule has 0 aliphatic rings. The van der Waals surface area contributed by atoms with Gasteiger partial charge in [-0.1, -0.05) is 37.6 Å². The van der Waals surface area contributed by atoms with Crippen molar-refractivity contribution in [2.75, 3.05) is 17.2 Å². The zero-order valence-electron chi connectivity index (χ0n) is 17.1. The van der Waals surface area contributed by atoms with Crippen LogP contribution in [0.5, 0.6) is 5.75 Å². The highest BCUT2D eigenvalue weighted by Crippen LogP contribution is 2.27. The molecule has 0 aromatic heterocycles. The van der Waals surface area contributed by atoms with Gasteiger partial charge >= 0.3 is 0 Å². The van der Waals surface area contributed by atoms with E-state index in [9.17, 15) is 9.59 Å². The van der Waals surface area contributed by atoms with Gasteiger partial charge in [0.2, 0.25) is 0 Å². The van der Waals surface area contributed by atoms with Crippen LogP contribution >= 0.6 is 27.5 Å². The Balaban J connectivity index is 1.68. The van der Waals surface area contributed by atoms with E-state index in [4.69, 9.17) is 16.3 Å². The minimum atomic E-state index is -0.298. The van der Waals surface area contributed by atoms with Crippen LogP contribution in [0.25, 0.3) is 0 Å². The monoisotopic (exact) mass is 500 g/mol. The van der Waals surface area contributed by atoms with Gasteiger partial charge in [-0.15, -0.1) is 0 Å². The van der Waals surface area contributed by atoms with Gasteiger partial charge in [0.15, 0.2) is 0 Å². The first-order valence-electron chi connectivity index (χ1n) is 9.72. The van der Waals surface area contributed by atoms with E-state index in [1.54, 1.807) is 66.7 Å². The number of rotatable bonds is 7. The third kappa shape index (κ3) is 6.57. The topological polar surface area (TPSA) is 67.4 Å².